The molecule has 2 atom stereocenters. The fourth-order valence-corrected chi connectivity index (χ4v) is 0.650. The van der Waals surface area contributed by atoms with Crippen molar-refractivity contribution < 1.29 is 29.3 Å². The lowest BCUT2D eigenvalue weighted by atomic mass is 10.2. The molecular weight excluding hydrogens is 192 g/mol. The molecule has 0 aliphatic carbocycles. The second kappa shape index (κ2) is 5.56. The van der Waals surface area contributed by atoms with Gasteiger partial charge in [0.15, 0.2) is 6.29 Å². The molecular formula is C8H14O6. The third-order valence-electron chi connectivity index (χ3n) is 1.43. The number of aliphatic hydroxyl groups is 2. The molecule has 2 unspecified atom stereocenters. The van der Waals surface area contributed by atoms with Crippen molar-refractivity contribution in [3.05, 3.63) is 0 Å². The zero-order valence-electron chi connectivity index (χ0n) is 8.26. The summed E-state index contributed by atoms with van der Waals surface area (Å²) in [6.45, 7) is 3.82. The summed E-state index contributed by atoms with van der Waals surface area (Å²) < 4.78 is 9.09. The SMILES string of the molecule is CC(=O)OC(C)OC(=O)C(C)C(O)O. The monoisotopic (exact) mass is 206 g/mol. The van der Waals surface area contributed by atoms with Crippen LogP contribution in [0.5, 0.6) is 0 Å². The van der Waals surface area contributed by atoms with Crippen LogP contribution in [0.1, 0.15) is 20.8 Å². The first-order valence-electron chi connectivity index (χ1n) is 4.08. The third-order valence-corrected chi connectivity index (χ3v) is 1.43. The van der Waals surface area contributed by atoms with Gasteiger partial charge < -0.3 is 19.7 Å². The highest BCUT2D eigenvalue weighted by atomic mass is 16.7. The van der Waals surface area contributed by atoms with E-state index in [9.17, 15) is 9.59 Å². The van der Waals surface area contributed by atoms with Crippen molar-refractivity contribution in [1.82, 2.24) is 0 Å². The molecule has 0 saturated carbocycles. The maximum Gasteiger partial charge on any atom is 0.316 e. The van der Waals surface area contributed by atoms with Gasteiger partial charge in [0.25, 0.3) is 0 Å². The Balaban J connectivity index is 3.99. The van der Waals surface area contributed by atoms with Crippen LogP contribution in [0.3, 0.4) is 0 Å². The van der Waals surface area contributed by atoms with Crippen molar-refractivity contribution in [2.45, 2.75) is 33.4 Å². The lowest BCUT2D eigenvalue weighted by molar-refractivity contribution is -0.193. The van der Waals surface area contributed by atoms with Crippen LogP contribution in [-0.4, -0.2) is 34.7 Å². The standard InChI is InChI=1S/C8H14O6/c1-4(7(10)11)8(12)14-6(3)13-5(2)9/h4,6-7,10-11H,1-3H3. The fourth-order valence-electron chi connectivity index (χ4n) is 0.650. The molecule has 82 valence electrons. The van der Waals surface area contributed by atoms with E-state index in [0.717, 1.165) is 0 Å². The summed E-state index contributed by atoms with van der Waals surface area (Å²) in [7, 11) is 0. The van der Waals surface area contributed by atoms with Crippen molar-refractivity contribution in [3.8, 4) is 0 Å². The van der Waals surface area contributed by atoms with Crippen LogP contribution in [-0.2, 0) is 19.1 Å². The Kier molecular flexibility index (Phi) is 5.11. The Hall–Kier alpha value is -1.14. The zero-order chi connectivity index (χ0) is 11.3. The fraction of sp³-hybridized carbons (Fsp3) is 0.750. The second-order valence-corrected chi connectivity index (χ2v) is 2.82. The van der Waals surface area contributed by atoms with Crippen molar-refractivity contribution in [3.63, 3.8) is 0 Å². The number of aliphatic hydroxyl groups excluding tert-OH is 1. The van der Waals surface area contributed by atoms with Gasteiger partial charge in [-0.05, 0) is 6.92 Å². The van der Waals surface area contributed by atoms with Crippen molar-refractivity contribution in [2.75, 3.05) is 0 Å². The minimum Gasteiger partial charge on any atom is -0.426 e. The van der Waals surface area contributed by atoms with Gasteiger partial charge in [-0.2, -0.15) is 0 Å². The Morgan fingerprint density at radius 3 is 2.00 bits per heavy atom. The van der Waals surface area contributed by atoms with Gasteiger partial charge in [0, 0.05) is 13.8 Å². The highest BCUT2D eigenvalue weighted by Gasteiger charge is 2.23. The molecule has 14 heavy (non-hydrogen) atoms. The van der Waals surface area contributed by atoms with Crippen molar-refractivity contribution >= 4 is 11.9 Å². The molecule has 0 aromatic carbocycles. The van der Waals surface area contributed by atoms with Crippen molar-refractivity contribution in [1.29, 1.82) is 0 Å². The molecule has 0 aliphatic rings. The highest BCUT2D eigenvalue weighted by molar-refractivity contribution is 5.72. The second-order valence-electron chi connectivity index (χ2n) is 2.82. The number of rotatable bonds is 4. The molecule has 0 aliphatic heterocycles. The summed E-state index contributed by atoms with van der Waals surface area (Å²) in [6, 6.07) is 0. The van der Waals surface area contributed by atoms with Crippen LogP contribution in [0.2, 0.25) is 0 Å². The molecule has 0 heterocycles. The maximum absolute atomic E-state index is 11.0. The van der Waals surface area contributed by atoms with Crippen LogP contribution in [0.4, 0.5) is 0 Å². The van der Waals surface area contributed by atoms with E-state index in [1.807, 2.05) is 0 Å². The average molecular weight is 206 g/mol. The molecule has 0 rings (SSSR count). The Labute approximate surface area is 81.4 Å². The van der Waals surface area contributed by atoms with Crippen LogP contribution >= 0.6 is 0 Å². The minimum atomic E-state index is -1.79. The molecule has 0 fully saturated rings. The van der Waals surface area contributed by atoms with Crippen LogP contribution < -0.4 is 0 Å². The largest absolute Gasteiger partial charge is 0.426 e. The summed E-state index contributed by atoms with van der Waals surface area (Å²) in [6.07, 6.45) is -2.81. The topological polar surface area (TPSA) is 93.1 Å². The van der Waals surface area contributed by atoms with Crippen molar-refractivity contribution in [2.24, 2.45) is 5.92 Å². The molecule has 0 spiro atoms. The molecule has 6 heteroatoms. The normalized spacial score (nSPS) is 14.7. The van der Waals surface area contributed by atoms with Crippen LogP contribution in [0.25, 0.3) is 0 Å². The van der Waals surface area contributed by atoms with E-state index in [-0.39, 0.29) is 0 Å². The summed E-state index contributed by atoms with van der Waals surface area (Å²) in [5, 5.41) is 17.3. The van der Waals surface area contributed by atoms with Gasteiger partial charge in [-0.25, -0.2) is 0 Å². The zero-order valence-corrected chi connectivity index (χ0v) is 8.26. The predicted molar refractivity (Wildman–Crippen MR) is 44.7 cm³/mol. The van der Waals surface area contributed by atoms with Crippen LogP contribution in [0.15, 0.2) is 0 Å². The van der Waals surface area contributed by atoms with Gasteiger partial charge >= 0.3 is 11.9 Å². The molecule has 0 bridgehead atoms. The number of carbonyl (C=O) groups is 2. The molecule has 6 nitrogen and oxygen atoms in total. The van der Waals surface area contributed by atoms with E-state index in [1.165, 1.54) is 20.8 Å². The molecule has 0 aromatic heterocycles. The smallest absolute Gasteiger partial charge is 0.316 e. The first kappa shape index (κ1) is 12.9. The van der Waals surface area contributed by atoms with E-state index in [4.69, 9.17) is 10.2 Å². The number of ether oxygens (including phenoxy) is 2. The maximum atomic E-state index is 11.0. The first-order chi connectivity index (χ1) is 6.34. The predicted octanol–water partition coefficient (Wildman–Crippen LogP) is -0.614. The average Bonchev–Trinajstić information content (AvgIpc) is 2.00. The van der Waals surface area contributed by atoms with Gasteiger partial charge in [0.2, 0.25) is 6.29 Å². The minimum absolute atomic E-state index is 0.581. The Morgan fingerprint density at radius 2 is 1.64 bits per heavy atom. The molecule has 0 aromatic rings. The quantitative estimate of drug-likeness (QED) is 0.470. The Bertz CT molecular complexity index is 212. The Morgan fingerprint density at radius 1 is 1.14 bits per heavy atom. The molecule has 0 amide bonds. The summed E-state index contributed by atoms with van der Waals surface area (Å²) >= 11 is 0. The van der Waals surface area contributed by atoms with E-state index in [1.54, 1.807) is 0 Å². The highest BCUT2D eigenvalue weighted by Crippen LogP contribution is 2.06. The number of hydrogen-bond acceptors (Lipinski definition) is 6. The van der Waals surface area contributed by atoms with E-state index < -0.39 is 30.4 Å². The number of carbonyl (C=O) groups excluding carboxylic acids is 2. The lowest BCUT2D eigenvalue weighted by Gasteiger charge is -2.17. The van der Waals surface area contributed by atoms with Crippen LogP contribution in [0, 0.1) is 5.92 Å². The van der Waals surface area contributed by atoms with E-state index >= 15 is 0 Å². The summed E-state index contributed by atoms with van der Waals surface area (Å²) in [5.41, 5.74) is 0. The van der Waals surface area contributed by atoms with Gasteiger partial charge in [0.1, 0.15) is 5.92 Å². The van der Waals surface area contributed by atoms with Gasteiger partial charge in [0.05, 0.1) is 0 Å². The summed E-state index contributed by atoms with van der Waals surface area (Å²) in [5.74, 6) is -2.50. The summed E-state index contributed by atoms with van der Waals surface area (Å²) in [4.78, 5) is 21.5. The van der Waals surface area contributed by atoms with Gasteiger partial charge in [-0.1, -0.05) is 0 Å². The van der Waals surface area contributed by atoms with Gasteiger partial charge in [-0.15, -0.1) is 0 Å². The third kappa shape index (κ3) is 4.78. The number of esters is 2. The molecule has 0 saturated heterocycles. The van der Waals surface area contributed by atoms with E-state index in [2.05, 4.69) is 9.47 Å². The van der Waals surface area contributed by atoms with Gasteiger partial charge in [-0.3, -0.25) is 9.59 Å². The van der Waals surface area contributed by atoms with E-state index in [0.29, 0.717) is 0 Å². The lowest BCUT2D eigenvalue weighted by Crippen LogP contribution is -2.30. The first-order valence-corrected chi connectivity index (χ1v) is 4.08. The number of hydrogen-bond donors (Lipinski definition) is 2. The molecule has 2 N–H and O–H groups in total. The molecule has 0 radical (unpaired) electrons.